The quantitative estimate of drug-likeness (QED) is 0.453. The van der Waals surface area contributed by atoms with Gasteiger partial charge in [-0.2, -0.15) is 0 Å². The van der Waals surface area contributed by atoms with Crippen molar-refractivity contribution in [2.75, 3.05) is 11.9 Å². The topological polar surface area (TPSA) is 81.9 Å². The summed E-state index contributed by atoms with van der Waals surface area (Å²) in [5.41, 5.74) is 4.01. The van der Waals surface area contributed by atoms with Crippen molar-refractivity contribution in [1.82, 2.24) is 9.38 Å². The van der Waals surface area contributed by atoms with E-state index in [-0.39, 0.29) is 18.1 Å². The minimum Gasteiger partial charge on any atom is -0.494 e. The zero-order valence-electron chi connectivity index (χ0n) is 18.8. The summed E-state index contributed by atoms with van der Waals surface area (Å²) in [5, 5.41) is 2.89. The van der Waals surface area contributed by atoms with Gasteiger partial charge in [-0.1, -0.05) is 6.07 Å². The lowest BCUT2D eigenvalue weighted by molar-refractivity contribution is 0.102. The third kappa shape index (κ3) is 5.20. The lowest BCUT2D eigenvalue weighted by Crippen LogP contribution is -2.16. The van der Waals surface area contributed by atoms with Crippen LogP contribution in [0.2, 0.25) is 0 Å². The molecule has 4 rings (SSSR count). The van der Waals surface area contributed by atoms with Crippen LogP contribution in [0.5, 0.6) is 11.5 Å². The van der Waals surface area contributed by atoms with Gasteiger partial charge in [-0.25, -0.2) is 4.98 Å². The van der Waals surface area contributed by atoms with Crippen molar-refractivity contribution in [3.05, 3.63) is 99.6 Å². The van der Waals surface area contributed by atoms with E-state index in [1.165, 1.54) is 10.5 Å². The molecular formula is C26H25N3O4. The second kappa shape index (κ2) is 9.56. The summed E-state index contributed by atoms with van der Waals surface area (Å²) in [7, 11) is 0. The van der Waals surface area contributed by atoms with Crippen LogP contribution in [0, 0.1) is 13.8 Å². The van der Waals surface area contributed by atoms with Gasteiger partial charge in [0, 0.05) is 29.6 Å². The molecule has 0 aliphatic carbocycles. The number of rotatable bonds is 7. The normalized spacial score (nSPS) is 10.8. The summed E-state index contributed by atoms with van der Waals surface area (Å²) < 4.78 is 12.9. The van der Waals surface area contributed by atoms with E-state index in [1.807, 2.05) is 45.0 Å². The average Bonchev–Trinajstić information content (AvgIpc) is 2.80. The molecule has 0 atom stereocenters. The largest absolute Gasteiger partial charge is 0.494 e. The van der Waals surface area contributed by atoms with E-state index in [1.54, 1.807) is 36.5 Å². The van der Waals surface area contributed by atoms with Crippen molar-refractivity contribution < 1.29 is 14.3 Å². The maximum Gasteiger partial charge on any atom is 0.258 e. The maximum atomic E-state index is 12.6. The van der Waals surface area contributed by atoms with Crippen molar-refractivity contribution in [2.24, 2.45) is 0 Å². The van der Waals surface area contributed by atoms with Crippen LogP contribution >= 0.6 is 0 Å². The Balaban J connectivity index is 1.48. The molecule has 2 heterocycles. The predicted octanol–water partition coefficient (Wildman–Crippen LogP) is 4.54. The molecule has 0 aliphatic rings. The highest BCUT2D eigenvalue weighted by Crippen LogP contribution is 2.24. The Kier molecular flexibility index (Phi) is 6.40. The van der Waals surface area contributed by atoms with E-state index in [9.17, 15) is 9.59 Å². The number of ether oxygens (including phenoxy) is 2. The monoisotopic (exact) mass is 443 g/mol. The van der Waals surface area contributed by atoms with Gasteiger partial charge in [0.05, 0.1) is 12.3 Å². The zero-order chi connectivity index (χ0) is 23.4. The van der Waals surface area contributed by atoms with Crippen LogP contribution in [0.3, 0.4) is 0 Å². The Morgan fingerprint density at radius 2 is 1.79 bits per heavy atom. The minimum absolute atomic E-state index is 0.136. The van der Waals surface area contributed by atoms with Gasteiger partial charge in [-0.15, -0.1) is 0 Å². The summed E-state index contributed by atoms with van der Waals surface area (Å²) in [6.45, 7) is 6.48. The van der Waals surface area contributed by atoms with Crippen LogP contribution in [0.1, 0.15) is 34.1 Å². The molecule has 1 amide bonds. The van der Waals surface area contributed by atoms with Crippen molar-refractivity contribution >= 4 is 17.2 Å². The third-order valence-corrected chi connectivity index (χ3v) is 5.12. The van der Waals surface area contributed by atoms with Gasteiger partial charge >= 0.3 is 0 Å². The molecule has 4 aromatic rings. The van der Waals surface area contributed by atoms with E-state index >= 15 is 0 Å². The number of nitrogens with one attached hydrogen (secondary N) is 1. The number of carbonyl (C=O) groups is 1. The van der Waals surface area contributed by atoms with Crippen LogP contribution in [0.15, 0.2) is 71.7 Å². The first-order valence-electron chi connectivity index (χ1n) is 10.7. The number of carbonyl (C=O) groups excluding carboxylic acids is 1. The molecule has 0 radical (unpaired) electrons. The standard InChI is InChI=1S/C26H25N3O4/c1-4-32-22-9-6-19(7-10-22)26(31)28-20-8-5-18(3)23(14-20)33-16-21-15-25(30)29-12-11-17(2)13-24(29)27-21/h5-15H,4,16H2,1-3H3,(H,28,31). The second-order valence-corrected chi connectivity index (χ2v) is 7.70. The Morgan fingerprint density at radius 3 is 2.55 bits per heavy atom. The van der Waals surface area contributed by atoms with E-state index in [4.69, 9.17) is 9.47 Å². The highest BCUT2D eigenvalue weighted by atomic mass is 16.5. The number of aryl methyl sites for hydroxylation is 2. The van der Waals surface area contributed by atoms with E-state index < -0.39 is 0 Å². The van der Waals surface area contributed by atoms with Gasteiger partial charge in [-0.3, -0.25) is 14.0 Å². The summed E-state index contributed by atoms with van der Waals surface area (Å²) in [6, 6.07) is 17.6. The molecule has 1 N–H and O–H groups in total. The molecule has 2 aromatic heterocycles. The average molecular weight is 444 g/mol. The molecule has 7 nitrogen and oxygen atoms in total. The smallest absolute Gasteiger partial charge is 0.258 e. The van der Waals surface area contributed by atoms with Crippen LogP contribution in [-0.2, 0) is 6.61 Å². The Bertz CT molecular complexity index is 1360. The molecule has 0 fully saturated rings. The molecule has 2 aromatic carbocycles. The molecule has 0 aliphatic heterocycles. The fraction of sp³-hybridized carbons (Fsp3) is 0.192. The molecule has 0 saturated heterocycles. The molecule has 0 bridgehead atoms. The molecular weight excluding hydrogens is 418 g/mol. The molecule has 33 heavy (non-hydrogen) atoms. The van der Waals surface area contributed by atoms with Crippen molar-refractivity contribution in [3.63, 3.8) is 0 Å². The molecule has 0 spiro atoms. The van der Waals surface area contributed by atoms with Gasteiger partial charge in [0.2, 0.25) is 0 Å². The summed E-state index contributed by atoms with van der Waals surface area (Å²) in [5.74, 6) is 1.09. The molecule has 0 saturated carbocycles. The number of amides is 1. The van der Waals surface area contributed by atoms with E-state index in [0.29, 0.717) is 34.9 Å². The fourth-order valence-electron chi connectivity index (χ4n) is 3.39. The predicted molar refractivity (Wildman–Crippen MR) is 127 cm³/mol. The summed E-state index contributed by atoms with van der Waals surface area (Å²) in [4.78, 5) is 29.5. The highest BCUT2D eigenvalue weighted by molar-refractivity contribution is 6.04. The summed E-state index contributed by atoms with van der Waals surface area (Å²) >= 11 is 0. The minimum atomic E-state index is -0.229. The van der Waals surface area contributed by atoms with Gasteiger partial charge in [0.25, 0.3) is 11.5 Å². The summed E-state index contributed by atoms with van der Waals surface area (Å²) in [6.07, 6.45) is 1.71. The molecule has 7 heteroatoms. The van der Waals surface area contributed by atoms with Crippen molar-refractivity contribution in [2.45, 2.75) is 27.4 Å². The van der Waals surface area contributed by atoms with Gasteiger partial charge in [-0.05, 0) is 74.4 Å². The Labute approximate surface area is 191 Å². The molecule has 168 valence electrons. The van der Waals surface area contributed by atoms with Crippen LogP contribution in [-0.4, -0.2) is 21.9 Å². The van der Waals surface area contributed by atoms with Crippen LogP contribution < -0.4 is 20.3 Å². The number of anilines is 1. The first-order valence-corrected chi connectivity index (χ1v) is 10.7. The third-order valence-electron chi connectivity index (χ3n) is 5.12. The first kappa shape index (κ1) is 22.1. The zero-order valence-corrected chi connectivity index (χ0v) is 18.8. The van der Waals surface area contributed by atoms with Crippen molar-refractivity contribution in [3.8, 4) is 11.5 Å². The number of pyridine rings is 1. The Morgan fingerprint density at radius 1 is 1.00 bits per heavy atom. The van der Waals surface area contributed by atoms with Crippen LogP contribution in [0.4, 0.5) is 5.69 Å². The number of nitrogens with zero attached hydrogens (tertiary/aromatic N) is 2. The Hall–Kier alpha value is -4.13. The second-order valence-electron chi connectivity index (χ2n) is 7.70. The first-order chi connectivity index (χ1) is 15.9. The van der Waals surface area contributed by atoms with Crippen LogP contribution in [0.25, 0.3) is 5.65 Å². The number of benzene rings is 2. The highest BCUT2D eigenvalue weighted by Gasteiger charge is 2.10. The number of hydrogen-bond acceptors (Lipinski definition) is 5. The fourth-order valence-corrected chi connectivity index (χ4v) is 3.39. The number of fused-ring (bicyclic) bond motifs is 1. The van der Waals surface area contributed by atoms with E-state index in [2.05, 4.69) is 10.3 Å². The van der Waals surface area contributed by atoms with Gasteiger partial charge in [0.1, 0.15) is 23.8 Å². The lowest BCUT2D eigenvalue weighted by Gasteiger charge is -2.12. The SMILES string of the molecule is CCOc1ccc(C(=O)Nc2ccc(C)c(OCc3cc(=O)n4ccc(C)cc4n3)c2)cc1. The lowest BCUT2D eigenvalue weighted by atomic mass is 10.1. The number of hydrogen-bond donors (Lipinski definition) is 1. The van der Waals surface area contributed by atoms with Crippen molar-refractivity contribution in [1.29, 1.82) is 0 Å². The van der Waals surface area contributed by atoms with Gasteiger partial charge in [0.15, 0.2) is 0 Å². The van der Waals surface area contributed by atoms with Gasteiger partial charge < -0.3 is 14.8 Å². The van der Waals surface area contributed by atoms with E-state index in [0.717, 1.165) is 16.9 Å². The molecule has 0 unspecified atom stereocenters. The number of aromatic nitrogens is 2. The maximum absolute atomic E-state index is 12.6.